The molecule has 6 fully saturated rings. The fraction of sp³-hybridized carbons (Fsp3) is 0.840. The maximum Gasteiger partial charge on any atom is 0.309 e. The van der Waals surface area contributed by atoms with E-state index in [-0.39, 0.29) is 28.3 Å². The molecule has 7 rings (SSSR count). The van der Waals surface area contributed by atoms with Gasteiger partial charge in [-0.2, -0.15) is 0 Å². The molecule has 28 heavy (non-hydrogen) atoms. The maximum atomic E-state index is 12.5. The molecule has 0 aromatic rings. The summed E-state index contributed by atoms with van der Waals surface area (Å²) < 4.78 is 6.33. The first kappa shape index (κ1) is 16.7. The van der Waals surface area contributed by atoms with Crippen molar-refractivity contribution < 1.29 is 14.3 Å². The number of carbonyl (C=O) groups is 2. The third kappa shape index (κ3) is 1.61. The van der Waals surface area contributed by atoms with Crippen molar-refractivity contribution in [1.82, 2.24) is 0 Å². The van der Waals surface area contributed by atoms with Crippen LogP contribution in [0.3, 0.4) is 0 Å². The van der Waals surface area contributed by atoms with Crippen molar-refractivity contribution in [2.75, 3.05) is 0 Å². The van der Waals surface area contributed by atoms with Crippen LogP contribution < -0.4 is 0 Å². The van der Waals surface area contributed by atoms with Gasteiger partial charge < -0.3 is 4.74 Å². The first-order valence-electron chi connectivity index (χ1n) is 11.8. The SMILES string of the molecule is CC1C[C@]2(OC1=O)[C@H]1C[C@H]1[C@H]1[C@@H]3[C@H]4C[C@H]4C4=CC(=O)CC[C@]4(C)[C@H]3CC[C@@]12C. The van der Waals surface area contributed by atoms with Crippen LogP contribution in [0.15, 0.2) is 11.6 Å². The number of esters is 1. The number of rotatable bonds is 0. The second kappa shape index (κ2) is 4.62. The Hall–Kier alpha value is -1.12. The lowest BCUT2D eigenvalue weighted by molar-refractivity contribution is -0.177. The van der Waals surface area contributed by atoms with E-state index in [9.17, 15) is 9.59 Å². The van der Waals surface area contributed by atoms with Crippen LogP contribution in [0.2, 0.25) is 0 Å². The summed E-state index contributed by atoms with van der Waals surface area (Å²) in [5.74, 6) is 5.66. The Labute approximate surface area is 167 Å². The molecule has 1 aliphatic heterocycles. The quantitative estimate of drug-likeness (QED) is 0.579. The minimum atomic E-state index is -0.159. The molecule has 150 valence electrons. The van der Waals surface area contributed by atoms with Crippen LogP contribution in [0.25, 0.3) is 0 Å². The fourth-order valence-electron chi connectivity index (χ4n) is 9.92. The number of ether oxygens (including phenoxy) is 1. The van der Waals surface area contributed by atoms with Gasteiger partial charge in [-0.15, -0.1) is 0 Å². The Morgan fingerprint density at radius 1 is 1.07 bits per heavy atom. The van der Waals surface area contributed by atoms with E-state index < -0.39 is 0 Å². The number of hydrogen-bond donors (Lipinski definition) is 0. The molecule has 0 bridgehead atoms. The highest BCUT2D eigenvalue weighted by Crippen LogP contribution is 2.82. The van der Waals surface area contributed by atoms with Crippen LogP contribution in [0.4, 0.5) is 0 Å². The summed E-state index contributed by atoms with van der Waals surface area (Å²) in [6.07, 6.45) is 9.90. The molecule has 11 atom stereocenters. The molecule has 1 heterocycles. The van der Waals surface area contributed by atoms with Crippen LogP contribution in [-0.4, -0.2) is 17.4 Å². The summed E-state index contributed by atoms with van der Waals surface area (Å²) in [5.41, 5.74) is 1.79. The van der Waals surface area contributed by atoms with E-state index >= 15 is 0 Å². The summed E-state index contributed by atoms with van der Waals surface area (Å²) in [7, 11) is 0. The Bertz CT molecular complexity index is 858. The Kier molecular flexibility index (Phi) is 2.75. The largest absolute Gasteiger partial charge is 0.458 e. The second-order valence-corrected chi connectivity index (χ2v) is 12.1. The lowest BCUT2D eigenvalue weighted by Gasteiger charge is -2.60. The van der Waals surface area contributed by atoms with Gasteiger partial charge in [-0.3, -0.25) is 9.59 Å². The molecule has 1 spiro atoms. The summed E-state index contributed by atoms with van der Waals surface area (Å²) in [6, 6.07) is 0. The molecule has 3 nitrogen and oxygen atoms in total. The van der Waals surface area contributed by atoms with Gasteiger partial charge in [-0.25, -0.2) is 0 Å². The van der Waals surface area contributed by atoms with Gasteiger partial charge in [-0.1, -0.05) is 26.3 Å². The van der Waals surface area contributed by atoms with Crippen molar-refractivity contribution in [2.24, 2.45) is 58.2 Å². The van der Waals surface area contributed by atoms with Gasteiger partial charge in [-0.05, 0) is 79.1 Å². The van der Waals surface area contributed by atoms with E-state index in [1.165, 1.54) is 31.3 Å². The zero-order valence-corrected chi connectivity index (χ0v) is 17.4. The van der Waals surface area contributed by atoms with Gasteiger partial charge in [0.05, 0.1) is 5.92 Å². The number of allylic oxidation sites excluding steroid dienone is 1. The van der Waals surface area contributed by atoms with Crippen LogP contribution in [0.1, 0.15) is 65.7 Å². The first-order chi connectivity index (χ1) is 13.3. The highest BCUT2D eigenvalue weighted by atomic mass is 16.6. The van der Waals surface area contributed by atoms with Crippen molar-refractivity contribution in [2.45, 2.75) is 71.3 Å². The molecule has 7 aliphatic rings. The minimum Gasteiger partial charge on any atom is -0.458 e. The van der Waals surface area contributed by atoms with E-state index in [0.29, 0.717) is 17.6 Å². The van der Waals surface area contributed by atoms with Gasteiger partial charge >= 0.3 is 5.97 Å². The third-order valence-electron chi connectivity index (χ3n) is 11.2. The predicted octanol–water partition coefficient (Wildman–Crippen LogP) is 4.55. The van der Waals surface area contributed by atoms with Crippen molar-refractivity contribution >= 4 is 11.8 Å². The molecule has 5 saturated carbocycles. The van der Waals surface area contributed by atoms with Gasteiger partial charge in [0.2, 0.25) is 0 Å². The van der Waals surface area contributed by atoms with E-state index in [1.807, 2.05) is 0 Å². The average Bonchev–Trinajstić information content (AvgIpc) is 3.54. The average molecular weight is 381 g/mol. The standard InChI is InChI=1S/C25H32O3/c1-12-11-25(28-22(12)27)19-10-16(19)21-20-15-9-14(15)18-8-13(26)4-6-23(18,2)17(20)5-7-24(21,25)3/h8,12,14-17,19-21H,4-7,9-11H2,1-3H3/t12?,14-,15+,16-,17+,19+,20-,21+,23-,24+,25+/m1/s1. The number of ketones is 1. The van der Waals surface area contributed by atoms with Crippen LogP contribution >= 0.6 is 0 Å². The summed E-state index contributed by atoms with van der Waals surface area (Å²) in [5, 5.41) is 0. The summed E-state index contributed by atoms with van der Waals surface area (Å²) >= 11 is 0. The monoisotopic (exact) mass is 380 g/mol. The lowest BCUT2D eigenvalue weighted by atomic mass is 9.45. The smallest absolute Gasteiger partial charge is 0.309 e. The molecule has 0 aromatic carbocycles. The van der Waals surface area contributed by atoms with Crippen molar-refractivity contribution in [3.05, 3.63) is 11.6 Å². The molecule has 0 radical (unpaired) electrons. The topological polar surface area (TPSA) is 43.4 Å². The minimum absolute atomic E-state index is 0.0607. The molecule has 1 saturated heterocycles. The van der Waals surface area contributed by atoms with Crippen LogP contribution in [0, 0.1) is 58.2 Å². The number of fused-ring (bicyclic) bond motifs is 12. The van der Waals surface area contributed by atoms with Crippen molar-refractivity contribution in [3.63, 3.8) is 0 Å². The summed E-state index contributed by atoms with van der Waals surface area (Å²) in [6.45, 7) is 7.07. The van der Waals surface area contributed by atoms with Gasteiger partial charge in [0.1, 0.15) is 5.60 Å². The highest BCUT2D eigenvalue weighted by Gasteiger charge is 2.81. The highest BCUT2D eigenvalue weighted by molar-refractivity contribution is 5.92. The zero-order chi connectivity index (χ0) is 19.2. The fourth-order valence-corrected chi connectivity index (χ4v) is 9.92. The predicted molar refractivity (Wildman–Crippen MR) is 104 cm³/mol. The van der Waals surface area contributed by atoms with Crippen molar-refractivity contribution in [1.29, 1.82) is 0 Å². The van der Waals surface area contributed by atoms with Crippen LogP contribution in [0.5, 0.6) is 0 Å². The molecule has 3 heteroatoms. The Morgan fingerprint density at radius 3 is 2.64 bits per heavy atom. The van der Waals surface area contributed by atoms with E-state index in [1.54, 1.807) is 0 Å². The number of hydrogen-bond acceptors (Lipinski definition) is 3. The molecule has 1 unspecified atom stereocenters. The molecule has 6 aliphatic carbocycles. The van der Waals surface area contributed by atoms with Gasteiger partial charge in [0.25, 0.3) is 0 Å². The second-order valence-electron chi connectivity index (χ2n) is 12.1. The molecular formula is C25H32O3. The first-order valence-corrected chi connectivity index (χ1v) is 11.8. The van der Waals surface area contributed by atoms with Crippen molar-refractivity contribution in [3.8, 4) is 0 Å². The molecule has 0 aromatic heterocycles. The molecule has 0 N–H and O–H groups in total. The zero-order valence-electron chi connectivity index (χ0n) is 17.4. The number of carbonyl (C=O) groups excluding carboxylic acids is 2. The van der Waals surface area contributed by atoms with Gasteiger partial charge in [0.15, 0.2) is 5.78 Å². The summed E-state index contributed by atoms with van der Waals surface area (Å²) in [4.78, 5) is 24.7. The van der Waals surface area contributed by atoms with Gasteiger partial charge in [0, 0.05) is 24.2 Å². The van der Waals surface area contributed by atoms with Crippen LogP contribution in [-0.2, 0) is 14.3 Å². The van der Waals surface area contributed by atoms with E-state index in [0.717, 1.165) is 48.9 Å². The maximum absolute atomic E-state index is 12.5. The normalized spacial score (nSPS) is 62.9. The third-order valence-corrected chi connectivity index (χ3v) is 11.2. The molecular weight excluding hydrogens is 348 g/mol. The Morgan fingerprint density at radius 2 is 1.89 bits per heavy atom. The lowest BCUT2D eigenvalue weighted by Crippen LogP contribution is -2.57. The van der Waals surface area contributed by atoms with E-state index in [2.05, 4.69) is 26.8 Å². The Balaban J connectivity index is 1.33. The van der Waals surface area contributed by atoms with E-state index in [4.69, 9.17) is 4.74 Å². The molecule has 0 amide bonds.